The van der Waals surface area contributed by atoms with Crippen molar-refractivity contribution in [2.45, 2.75) is 0 Å². The first-order valence-electron chi connectivity index (χ1n) is 3.95. The molecule has 13 heavy (non-hydrogen) atoms. The maximum Gasteiger partial charge on any atom is 0.316 e. The Morgan fingerprint density at radius 2 is 2.15 bits per heavy atom. The first kappa shape index (κ1) is 12.5. The summed E-state index contributed by atoms with van der Waals surface area (Å²) < 4.78 is 9.74. The molecule has 0 aromatic heterocycles. The number of alkyl halides is 1. The molecule has 5 nitrogen and oxygen atoms in total. The summed E-state index contributed by atoms with van der Waals surface area (Å²) in [5.41, 5.74) is 0. The number of rotatable bonds is 7. The van der Waals surface area contributed by atoms with Crippen LogP contribution in [0.1, 0.15) is 0 Å². The molecule has 0 fully saturated rings. The molecule has 0 bridgehead atoms. The van der Waals surface area contributed by atoms with Gasteiger partial charge in [-0.25, -0.2) is 4.79 Å². The lowest BCUT2D eigenvalue weighted by molar-refractivity contribution is 0.0643. The smallest absolute Gasteiger partial charge is 0.316 e. The van der Waals surface area contributed by atoms with Crippen LogP contribution < -0.4 is 10.6 Å². The fourth-order valence-electron chi connectivity index (χ4n) is 0.554. The van der Waals surface area contributed by atoms with Crippen molar-refractivity contribution < 1.29 is 14.3 Å². The van der Waals surface area contributed by atoms with E-state index in [2.05, 4.69) is 10.6 Å². The van der Waals surface area contributed by atoms with Crippen molar-refractivity contribution in [2.75, 3.05) is 39.5 Å². The summed E-state index contributed by atoms with van der Waals surface area (Å²) in [7, 11) is 1.59. The van der Waals surface area contributed by atoms with E-state index >= 15 is 0 Å². The average Bonchev–Trinajstić information content (AvgIpc) is 2.14. The molecule has 0 aliphatic carbocycles. The Hall–Kier alpha value is -0.520. The van der Waals surface area contributed by atoms with E-state index in [1.54, 1.807) is 7.11 Å². The third kappa shape index (κ3) is 9.39. The molecule has 0 saturated heterocycles. The number of hydrogen-bond donors (Lipinski definition) is 2. The molecule has 78 valence electrons. The van der Waals surface area contributed by atoms with Gasteiger partial charge in [0.05, 0.1) is 13.2 Å². The van der Waals surface area contributed by atoms with E-state index in [0.717, 1.165) is 0 Å². The maximum atomic E-state index is 10.8. The zero-order valence-electron chi connectivity index (χ0n) is 7.64. The molecule has 2 N–H and O–H groups in total. The summed E-state index contributed by atoms with van der Waals surface area (Å²) in [6.45, 7) is 1.61. The Morgan fingerprint density at radius 3 is 2.77 bits per heavy atom. The largest absolute Gasteiger partial charge is 0.382 e. The molecule has 0 unspecified atom stereocenters. The summed E-state index contributed by atoms with van der Waals surface area (Å²) in [6.07, 6.45) is 0. The molecule has 0 aliphatic rings. The Labute approximate surface area is 82.7 Å². The van der Waals surface area contributed by atoms with Gasteiger partial charge in [-0.3, -0.25) is 0 Å². The van der Waals surface area contributed by atoms with Crippen LogP contribution in [0.25, 0.3) is 0 Å². The molecule has 0 radical (unpaired) electrons. The number of nitrogens with one attached hydrogen (secondary N) is 2. The Bertz CT molecular complexity index is 135. The van der Waals surface area contributed by atoms with E-state index in [-0.39, 0.29) is 12.8 Å². The molecule has 6 heteroatoms. The van der Waals surface area contributed by atoms with Crippen molar-refractivity contribution >= 4 is 17.6 Å². The Balaban J connectivity index is 3.08. The first-order chi connectivity index (χ1) is 6.31. The van der Waals surface area contributed by atoms with E-state index < -0.39 is 0 Å². The molecule has 0 spiro atoms. The van der Waals surface area contributed by atoms with Crippen molar-refractivity contribution in [3.63, 3.8) is 0 Å². The number of carbonyl (C=O) groups excluding carboxylic acids is 1. The van der Waals surface area contributed by atoms with Crippen LogP contribution in [0.15, 0.2) is 0 Å². The summed E-state index contributed by atoms with van der Waals surface area (Å²) in [5.74, 6) is 0.401. The van der Waals surface area contributed by atoms with Gasteiger partial charge in [0.2, 0.25) is 0 Å². The van der Waals surface area contributed by atoms with Gasteiger partial charge in [0, 0.05) is 19.5 Å². The van der Waals surface area contributed by atoms with Gasteiger partial charge in [0.15, 0.2) is 0 Å². The third-order valence-electron chi connectivity index (χ3n) is 1.15. The van der Waals surface area contributed by atoms with Gasteiger partial charge >= 0.3 is 6.03 Å². The Kier molecular flexibility index (Phi) is 9.18. The van der Waals surface area contributed by atoms with Gasteiger partial charge in [-0.15, -0.1) is 11.6 Å². The van der Waals surface area contributed by atoms with Crippen LogP contribution in [0.5, 0.6) is 0 Å². The van der Waals surface area contributed by atoms with Crippen molar-refractivity contribution in [1.82, 2.24) is 10.6 Å². The molecule has 0 aromatic rings. The summed E-state index contributed by atoms with van der Waals surface area (Å²) >= 11 is 5.36. The number of carbonyl (C=O) groups is 1. The van der Waals surface area contributed by atoms with Gasteiger partial charge < -0.3 is 20.1 Å². The van der Waals surface area contributed by atoms with Gasteiger partial charge in [-0.1, -0.05) is 0 Å². The van der Waals surface area contributed by atoms with Crippen LogP contribution in [-0.4, -0.2) is 45.5 Å². The highest BCUT2D eigenvalue weighted by Gasteiger charge is 1.96. The molecule has 0 aromatic carbocycles. The molecule has 0 heterocycles. The van der Waals surface area contributed by atoms with Crippen LogP contribution in [0.4, 0.5) is 4.79 Å². The Morgan fingerprint density at radius 1 is 1.38 bits per heavy atom. The van der Waals surface area contributed by atoms with Crippen LogP contribution in [0.2, 0.25) is 0 Å². The summed E-state index contributed by atoms with van der Waals surface area (Å²) in [6, 6.07) is -0.280. The lowest BCUT2D eigenvalue weighted by Crippen LogP contribution is -2.37. The minimum absolute atomic E-state index is 0.178. The molecule has 0 saturated carbocycles. The molecule has 0 atom stereocenters. The van der Waals surface area contributed by atoms with Gasteiger partial charge in [0.1, 0.15) is 6.73 Å². The van der Waals surface area contributed by atoms with E-state index in [0.29, 0.717) is 25.6 Å². The standard InChI is InChI=1S/C7H15ClN2O3/c1-12-4-5-13-6-10-7(11)9-3-2-8/h2-6H2,1H3,(H2,9,10,11). The lowest BCUT2D eigenvalue weighted by atomic mass is 10.7. The summed E-state index contributed by atoms with van der Waals surface area (Å²) in [5, 5.41) is 5.02. The molecule has 0 aliphatic heterocycles. The first-order valence-corrected chi connectivity index (χ1v) is 4.49. The second-order valence-electron chi connectivity index (χ2n) is 2.17. The highest BCUT2D eigenvalue weighted by atomic mass is 35.5. The highest BCUT2D eigenvalue weighted by Crippen LogP contribution is 1.74. The van der Waals surface area contributed by atoms with E-state index in [9.17, 15) is 4.79 Å². The van der Waals surface area contributed by atoms with Crippen LogP contribution in [0.3, 0.4) is 0 Å². The third-order valence-corrected chi connectivity index (χ3v) is 1.34. The fourth-order valence-corrected chi connectivity index (χ4v) is 0.649. The predicted molar refractivity (Wildman–Crippen MR) is 49.9 cm³/mol. The lowest BCUT2D eigenvalue weighted by Gasteiger charge is -2.06. The van der Waals surface area contributed by atoms with Crippen molar-refractivity contribution in [1.29, 1.82) is 0 Å². The van der Waals surface area contributed by atoms with Gasteiger partial charge in [0.25, 0.3) is 0 Å². The zero-order valence-corrected chi connectivity index (χ0v) is 8.39. The number of amides is 2. The minimum Gasteiger partial charge on any atom is -0.382 e. The number of methoxy groups -OCH3 is 1. The minimum atomic E-state index is -0.280. The molecular formula is C7H15ClN2O3. The topological polar surface area (TPSA) is 59.6 Å². The number of urea groups is 1. The number of halogens is 1. The number of ether oxygens (including phenoxy) is 2. The normalized spacial score (nSPS) is 9.69. The zero-order chi connectivity index (χ0) is 9.94. The van der Waals surface area contributed by atoms with E-state index in [1.807, 2.05) is 0 Å². The van der Waals surface area contributed by atoms with Crippen LogP contribution >= 0.6 is 11.6 Å². The SMILES string of the molecule is COCCOCNC(=O)NCCCl. The van der Waals surface area contributed by atoms with Crippen molar-refractivity contribution in [3.05, 3.63) is 0 Å². The molecule has 2 amide bonds. The predicted octanol–water partition coefficient (Wildman–Crippen LogP) is 0.145. The quantitative estimate of drug-likeness (QED) is 0.357. The second-order valence-corrected chi connectivity index (χ2v) is 2.55. The van der Waals surface area contributed by atoms with Crippen LogP contribution in [0, 0.1) is 0 Å². The maximum absolute atomic E-state index is 10.8. The molecular weight excluding hydrogens is 196 g/mol. The van der Waals surface area contributed by atoms with E-state index in [1.165, 1.54) is 0 Å². The van der Waals surface area contributed by atoms with E-state index in [4.69, 9.17) is 21.1 Å². The monoisotopic (exact) mass is 210 g/mol. The van der Waals surface area contributed by atoms with Crippen molar-refractivity contribution in [3.8, 4) is 0 Å². The summed E-state index contributed by atoms with van der Waals surface area (Å²) in [4.78, 5) is 10.8. The van der Waals surface area contributed by atoms with Crippen LogP contribution in [-0.2, 0) is 9.47 Å². The fraction of sp³-hybridized carbons (Fsp3) is 0.857. The molecule has 0 rings (SSSR count). The second kappa shape index (κ2) is 9.57. The van der Waals surface area contributed by atoms with Gasteiger partial charge in [-0.05, 0) is 0 Å². The van der Waals surface area contributed by atoms with Crippen molar-refractivity contribution in [2.24, 2.45) is 0 Å². The van der Waals surface area contributed by atoms with Gasteiger partial charge in [-0.2, -0.15) is 0 Å². The average molecular weight is 211 g/mol. The highest BCUT2D eigenvalue weighted by molar-refractivity contribution is 6.18. The number of hydrogen-bond acceptors (Lipinski definition) is 3.